The molecule has 0 aliphatic heterocycles. The van der Waals surface area contributed by atoms with Crippen molar-refractivity contribution in [1.82, 2.24) is 0 Å². The number of thiophene rings is 1. The molecule has 2 aromatic rings. The Bertz CT molecular complexity index is 737. The Morgan fingerprint density at radius 2 is 1.91 bits per heavy atom. The van der Waals surface area contributed by atoms with Gasteiger partial charge in [0.05, 0.1) is 12.7 Å². The summed E-state index contributed by atoms with van der Waals surface area (Å²) in [5.41, 5.74) is 3.16. The van der Waals surface area contributed by atoms with E-state index in [1.807, 2.05) is 39.0 Å². The van der Waals surface area contributed by atoms with Gasteiger partial charge in [0, 0.05) is 10.6 Å². The van der Waals surface area contributed by atoms with E-state index in [-0.39, 0.29) is 6.03 Å². The van der Waals surface area contributed by atoms with Gasteiger partial charge in [-0.25, -0.2) is 9.59 Å². The van der Waals surface area contributed by atoms with Crippen LogP contribution in [-0.4, -0.2) is 19.1 Å². The number of nitrogens with one attached hydrogen (secondary N) is 2. The molecule has 6 heteroatoms. The molecule has 0 bridgehead atoms. The SMILES string of the molecule is CCc1cc(C(=O)OC)c(NC(=O)Nc2cc(C)ccc2C)s1. The van der Waals surface area contributed by atoms with E-state index in [1.54, 1.807) is 6.07 Å². The number of hydrogen-bond acceptors (Lipinski definition) is 4. The maximum Gasteiger partial charge on any atom is 0.340 e. The zero-order valence-electron chi connectivity index (χ0n) is 13.6. The number of carbonyl (C=O) groups excluding carboxylic acids is 2. The van der Waals surface area contributed by atoms with E-state index < -0.39 is 5.97 Å². The van der Waals surface area contributed by atoms with E-state index in [4.69, 9.17) is 4.74 Å². The van der Waals surface area contributed by atoms with Crippen LogP contribution in [0.1, 0.15) is 33.3 Å². The zero-order chi connectivity index (χ0) is 17.0. The van der Waals surface area contributed by atoms with Crippen LogP contribution in [-0.2, 0) is 11.2 Å². The van der Waals surface area contributed by atoms with Crippen molar-refractivity contribution < 1.29 is 14.3 Å². The van der Waals surface area contributed by atoms with Crippen molar-refractivity contribution in [2.75, 3.05) is 17.7 Å². The van der Waals surface area contributed by atoms with Crippen LogP contribution in [0, 0.1) is 13.8 Å². The number of amides is 2. The van der Waals surface area contributed by atoms with Crippen molar-refractivity contribution in [3.8, 4) is 0 Å². The number of ether oxygens (including phenoxy) is 1. The van der Waals surface area contributed by atoms with Gasteiger partial charge < -0.3 is 10.1 Å². The van der Waals surface area contributed by atoms with E-state index in [2.05, 4.69) is 10.6 Å². The summed E-state index contributed by atoms with van der Waals surface area (Å²) in [7, 11) is 1.32. The molecule has 2 rings (SSSR count). The number of carbonyl (C=O) groups is 2. The maximum absolute atomic E-state index is 12.2. The van der Waals surface area contributed by atoms with Crippen LogP contribution in [0.15, 0.2) is 24.3 Å². The second kappa shape index (κ2) is 7.28. The Balaban J connectivity index is 2.18. The highest BCUT2D eigenvalue weighted by Gasteiger charge is 2.18. The highest BCUT2D eigenvalue weighted by atomic mass is 32.1. The van der Waals surface area contributed by atoms with Gasteiger partial charge in [-0.1, -0.05) is 19.1 Å². The lowest BCUT2D eigenvalue weighted by atomic mass is 10.1. The minimum absolute atomic E-state index is 0.380. The fraction of sp³-hybridized carbons (Fsp3) is 0.294. The summed E-state index contributed by atoms with van der Waals surface area (Å²) in [6.45, 7) is 5.88. The topological polar surface area (TPSA) is 67.4 Å². The normalized spacial score (nSPS) is 10.3. The van der Waals surface area contributed by atoms with Gasteiger partial charge in [0.1, 0.15) is 5.00 Å². The quantitative estimate of drug-likeness (QED) is 0.818. The summed E-state index contributed by atoms with van der Waals surface area (Å²) in [5.74, 6) is -0.456. The second-order valence-corrected chi connectivity index (χ2v) is 6.33. The average molecular weight is 332 g/mol. The van der Waals surface area contributed by atoms with E-state index >= 15 is 0 Å². The standard InChI is InChI=1S/C17H20N2O3S/c1-5-12-9-13(16(20)22-4)15(23-12)19-17(21)18-14-8-10(2)6-7-11(14)3/h6-9H,5H2,1-4H3,(H2,18,19,21). The Hall–Kier alpha value is -2.34. The zero-order valence-corrected chi connectivity index (χ0v) is 14.5. The van der Waals surface area contributed by atoms with Gasteiger partial charge >= 0.3 is 12.0 Å². The fourth-order valence-electron chi connectivity index (χ4n) is 2.10. The van der Waals surface area contributed by atoms with Crippen LogP contribution in [0.4, 0.5) is 15.5 Å². The van der Waals surface area contributed by atoms with Crippen molar-refractivity contribution in [3.05, 3.63) is 45.8 Å². The number of rotatable bonds is 4. The molecule has 1 aromatic carbocycles. The van der Waals surface area contributed by atoms with Crippen LogP contribution < -0.4 is 10.6 Å². The molecule has 0 fully saturated rings. The van der Waals surface area contributed by atoms with Crippen LogP contribution in [0.2, 0.25) is 0 Å². The van der Waals surface area contributed by atoms with Crippen molar-refractivity contribution in [2.45, 2.75) is 27.2 Å². The van der Waals surface area contributed by atoms with Gasteiger partial charge in [-0.15, -0.1) is 11.3 Å². The van der Waals surface area contributed by atoms with E-state index in [0.29, 0.717) is 10.6 Å². The van der Waals surface area contributed by atoms with Gasteiger partial charge in [-0.3, -0.25) is 5.32 Å². The van der Waals surface area contributed by atoms with Gasteiger partial charge in [-0.2, -0.15) is 0 Å². The van der Waals surface area contributed by atoms with Crippen LogP contribution in [0.25, 0.3) is 0 Å². The smallest absolute Gasteiger partial charge is 0.340 e. The lowest BCUT2D eigenvalue weighted by Crippen LogP contribution is -2.20. The third kappa shape index (κ3) is 4.10. The lowest BCUT2D eigenvalue weighted by Gasteiger charge is -2.10. The lowest BCUT2D eigenvalue weighted by molar-refractivity contribution is 0.0602. The average Bonchev–Trinajstić information content (AvgIpc) is 2.93. The van der Waals surface area contributed by atoms with Crippen LogP contribution >= 0.6 is 11.3 Å². The second-order valence-electron chi connectivity index (χ2n) is 5.20. The molecule has 2 amide bonds. The molecular weight excluding hydrogens is 312 g/mol. The molecule has 1 aromatic heterocycles. The Labute approximate surface area is 139 Å². The van der Waals surface area contributed by atoms with Crippen molar-refractivity contribution >= 4 is 34.0 Å². The number of benzene rings is 1. The number of aryl methyl sites for hydroxylation is 3. The minimum Gasteiger partial charge on any atom is -0.465 e. The summed E-state index contributed by atoms with van der Waals surface area (Å²) < 4.78 is 4.77. The molecule has 23 heavy (non-hydrogen) atoms. The number of methoxy groups -OCH3 is 1. The van der Waals surface area contributed by atoms with Crippen molar-refractivity contribution in [2.24, 2.45) is 0 Å². The predicted molar refractivity (Wildman–Crippen MR) is 93.6 cm³/mol. The van der Waals surface area contributed by atoms with E-state index in [1.165, 1.54) is 18.4 Å². The molecule has 0 aliphatic rings. The van der Waals surface area contributed by atoms with Gasteiger partial charge in [0.2, 0.25) is 0 Å². The van der Waals surface area contributed by atoms with Crippen molar-refractivity contribution in [1.29, 1.82) is 0 Å². The number of hydrogen-bond donors (Lipinski definition) is 2. The molecule has 1 heterocycles. The third-order valence-electron chi connectivity index (χ3n) is 3.41. The van der Waals surface area contributed by atoms with Crippen LogP contribution in [0.5, 0.6) is 0 Å². The summed E-state index contributed by atoms with van der Waals surface area (Å²) in [5, 5.41) is 6.06. The number of anilines is 2. The highest BCUT2D eigenvalue weighted by molar-refractivity contribution is 7.16. The fourth-order valence-corrected chi connectivity index (χ4v) is 3.08. The Kier molecular flexibility index (Phi) is 5.39. The van der Waals surface area contributed by atoms with E-state index in [0.717, 1.165) is 28.1 Å². The molecule has 0 saturated carbocycles. The first-order chi connectivity index (χ1) is 10.9. The molecule has 0 aliphatic carbocycles. The van der Waals surface area contributed by atoms with Crippen molar-refractivity contribution in [3.63, 3.8) is 0 Å². The molecular formula is C17H20N2O3S. The Morgan fingerprint density at radius 3 is 2.57 bits per heavy atom. The molecule has 0 saturated heterocycles. The monoisotopic (exact) mass is 332 g/mol. The number of urea groups is 1. The maximum atomic E-state index is 12.2. The predicted octanol–water partition coefficient (Wildman–Crippen LogP) is 4.36. The summed E-state index contributed by atoms with van der Waals surface area (Å²) in [4.78, 5) is 25.1. The summed E-state index contributed by atoms with van der Waals surface area (Å²) >= 11 is 1.38. The highest BCUT2D eigenvalue weighted by Crippen LogP contribution is 2.29. The summed E-state index contributed by atoms with van der Waals surface area (Å²) in [6, 6.07) is 7.21. The van der Waals surface area contributed by atoms with Crippen LogP contribution in [0.3, 0.4) is 0 Å². The third-order valence-corrected chi connectivity index (χ3v) is 4.60. The van der Waals surface area contributed by atoms with Gasteiger partial charge in [0.15, 0.2) is 0 Å². The molecule has 0 radical (unpaired) electrons. The first kappa shape index (κ1) is 17.0. The minimum atomic E-state index is -0.456. The first-order valence-corrected chi connectivity index (χ1v) is 8.12. The Morgan fingerprint density at radius 1 is 1.17 bits per heavy atom. The van der Waals surface area contributed by atoms with E-state index in [9.17, 15) is 9.59 Å². The number of esters is 1. The molecule has 2 N–H and O–H groups in total. The summed E-state index contributed by atoms with van der Waals surface area (Å²) in [6.07, 6.45) is 0.787. The molecule has 0 spiro atoms. The molecule has 0 unspecified atom stereocenters. The largest absolute Gasteiger partial charge is 0.465 e. The molecule has 122 valence electrons. The van der Waals surface area contributed by atoms with Gasteiger partial charge in [0.25, 0.3) is 0 Å². The molecule has 0 atom stereocenters. The molecule has 5 nitrogen and oxygen atoms in total. The first-order valence-electron chi connectivity index (χ1n) is 7.30. The van der Waals surface area contributed by atoms with Gasteiger partial charge in [-0.05, 0) is 43.5 Å².